The monoisotopic (exact) mass is 468 g/mol. The van der Waals surface area contributed by atoms with E-state index in [4.69, 9.17) is 4.74 Å². The maximum Gasteiger partial charge on any atom is 0.227 e. The van der Waals surface area contributed by atoms with Crippen molar-refractivity contribution in [2.24, 2.45) is 0 Å². The molecule has 0 saturated heterocycles. The molecule has 188 valence electrons. The van der Waals surface area contributed by atoms with Crippen LogP contribution in [0.15, 0.2) is 54.6 Å². The largest absolute Gasteiger partial charge is 0.376 e. The summed E-state index contributed by atoms with van der Waals surface area (Å²) in [5.41, 5.74) is 1.60. The van der Waals surface area contributed by atoms with Crippen LogP contribution in [0.1, 0.15) is 78.7 Å². The third-order valence-corrected chi connectivity index (χ3v) is 5.46. The van der Waals surface area contributed by atoms with E-state index in [2.05, 4.69) is 24.4 Å². The first kappa shape index (κ1) is 29.4. The molecule has 0 saturated carbocycles. The molecule has 0 radical (unpaired) electrons. The van der Waals surface area contributed by atoms with Gasteiger partial charge in [-0.25, -0.2) is 0 Å². The van der Waals surface area contributed by atoms with Crippen molar-refractivity contribution in [2.45, 2.75) is 78.7 Å². The number of amides is 2. The standard InChI is InChI=1S/C29H44N2O3/c1-6-9-11-12-13-14-17-25-18-15-16-19-26(25)31(8-3)28(33)21-20-27(32)30-23-22-29(4,5)34-24-10-7-2/h6,9,11-12,14-19H,7-8,10,13,20-24H2,1-5H3,(H,30,32)/b9-6-,12-11-,17-14-. The Morgan fingerprint density at radius 1 is 1.09 bits per heavy atom. The van der Waals surface area contributed by atoms with Crippen LogP contribution in [0.5, 0.6) is 0 Å². The van der Waals surface area contributed by atoms with Crippen molar-refractivity contribution in [1.82, 2.24) is 5.32 Å². The zero-order chi connectivity index (χ0) is 25.2. The van der Waals surface area contributed by atoms with E-state index < -0.39 is 0 Å². The lowest BCUT2D eigenvalue weighted by Crippen LogP contribution is -2.35. The van der Waals surface area contributed by atoms with Gasteiger partial charge < -0.3 is 15.0 Å². The summed E-state index contributed by atoms with van der Waals surface area (Å²) < 4.78 is 5.88. The third-order valence-electron chi connectivity index (χ3n) is 5.46. The van der Waals surface area contributed by atoms with Crippen molar-refractivity contribution in [3.8, 4) is 0 Å². The smallest absolute Gasteiger partial charge is 0.227 e. The van der Waals surface area contributed by atoms with Gasteiger partial charge in [-0.3, -0.25) is 9.59 Å². The van der Waals surface area contributed by atoms with Crippen molar-refractivity contribution in [3.05, 3.63) is 60.2 Å². The fraction of sp³-hybridized carbons (Fsp3) is 0.517. The number of allylic oxidation sites excluding steroid dienone is 5. The third kappa shape index (κ3) is 12.0. The summed E-state index contributed by atoms with van der Waals surface area (Å²) in [6.45, 7) is 12.0. The van der Waals surface area contributed by atoms with Gasteiger partial charge in [-0.05, 0) is 58.6 Å². The van der Waals surface area contributed by atoms with Gasteiger partial charge in [0, 0.05) is 32.5 Å². The summed E-state index contributed by atoms with van der Waals surface area (Å²) in [7, 11) is 0. The fourth-order valence-electron chi connectivity index (χ4n) is 3.41. The van der Waals surface area contributed by atoms with E-state index >= 15 is 0 Å². The number of para-hydroxylation sites is 1. The molecule has 0 aliphatic carbocycles. The number of anilines is 1. The summed E-state index contributed by atoms with van der Waals surface area (Å²) >= 11 is 0. The molecule has 0 spiro atoms. The highest BCUT2D eigenvalue weighted by Crippen LogP contribution is 2.23. The number of hydrogen-bond donors (Lipinski definition) is 1. The predicted octanol–water partition coefficient (Wildman–Crippen LogP) is 6.46. The van der Waals surface area contributed by atoms with Gasteiger partial charge in [-0.15, -0.1) is 0 Å². The number of ether oxygens (including phenoxy) is 1. The van der Waals surface area contributed by atoms with Crippen LogP contribution in [0, 0.1) is 0 Å². The number of rotatable bonds is 16. The Balaban J connectivity index is 2.59. The van der Waals surface area contributed by atoms with Crippen LogP contribution in [0.4, 0.5) is 5.69 Å². The zero-order valence-electron chi connectivity index (χ0n) is 21.8. The fourth-order valence-corrected chi connectivity index (χ4v) is 3.41. The van der Waals surface area contributed by atoms with E-state index in [9.17, 15) is 9.59 Å². The molecule has 0 bridgehead atoms. The highest BCUT2D eigenvalue weighted by molar-refractivity contribution is 5.97. The van der Waals surface area contributed by atoms with Gasteiger partial charge in [0.2, 0.25) is 11.8 Å². The van der Waals surface area contributed by atoms with Gasteiger partial charge in [-0.2, -0.15) is 0 Å². The van der Waals surface area contributed by atoms with Crippen molar-refractivity contribution < 1.29 is 14.3 Å². The molecule has 0 atom stereocenters. The number of carbonyl (C=O) groups excluding carboxylic acids is 2. The second-order valence-electron chi connectivity index (χ2n) is 8.85. The molecule has 0 fully saturated rings. The summed E-state index contributed by atoms with van der Waals surface area (Å²) in [6, 6.07) is 7.87. The maximum absolute atomic E-state index is 12.9. The molecule has 1 N–H and O–H groups in total. The van der Waals surface area contributed by atoms with Crippen LogP contribution in [0.3, 0.4) is 0 Å². The SMILES string of the molecule is C/C=C\C=C/C/C=C\c1ccccc1N(CC)C(=O)CCC(=O)NCCC(C)(C)OCCCC. The summed E-state index contributed by atoms with van der Waals surface area (Å²) in [5, 5.41) is 2.93. The molecule has 34 heavy (non-hydrogen) atoms. The Morgan fingerprint density at radius 2 is 1.85 bits per heavy atom. The molecule has 0 heterocycles. The average Bonchev–Trinajstić information content (AvgIpc) is 2.81. The Kier molecular flexibility index (Phi) is 14.6. The molecular formula is C29H44N2O3. The Hall–Kier alpha value is -2.66. The molecule has 1 aromatic carbocycles. The van der Waals surface area contributed by atoms with Crippen LogP contribution in [0.25, 0.3) is 6.08 Å². The van der Waals surface area contributed by atoms with Crippen molar-refractivity contribution in [1.29, 1.82) is 0 Å². The topological polar surface area (TPSA) is 58.6 Å². The highest BCUT2D eigenvalue weighted by atomic mass is 16.5. The molecule has 1 rings (SSSR count). The van der Waals surface area contributed by atoms with Gasteiger partial charge in [0.05, 0.1) is 11.3 Å². The van der Waals surface area contributed by atoms with E-state index in [1.54, 1.807) is 4.90 Å². The number of nitrogens with one attached hydrogen (secondary N) is 1. The maximum atomic E-state index is 12.9. The molecule has 1 aromatic rings. The Labute approximate surface area is 207 Å². The van der Waals surface area contributed by atoms with E-state index in [0.29, 0.717) is 13.1 Å². The minimum absolute atomic E-state index is 0.0466. The zero-order valence-corrected chi connectivity index (χ0v) is 21.8. The minimum atomic E-state index is -0.267. The van der Waals surface area contributed by atoms with E-state index in [-0.39, 0.29) is 30.3 Å². The highest BCUT2D eigenvalue weighted by Gasteiger charge is 2.19. The quantitative estimate of drug-likeness (QED) is 0.224. The molecule has 0 aliphatic rings. The molecule has 5 nitrogen and oxygen atoms in total. The predicted molar refractivity (Wildman–Crippen MR) is 144 cm³/mol. The van der Waals surface area contributed by atoms with Gasteiger partial charge in [0.1, 0.15) is 0 Å². The first-order chi connectivity index (χ1) is 16.3. The van der Waals surface area contributed by atoms with Crippen LogP contribution in [-0.4, -0.2) is 37.1 Å². The van der Waals surface area contributed by atoms with Crippen LogP contribution in [-0.2, 0) is 14.3 Å². The number of unbranched alkanes of at least 4 members (excludes halogenated alkanes) is 1. The summed E-state index contributed by atoms with van der Waals surface area (Å²) in [6.07, 6.45) is 16.3. The lowest BCUT2D eigenvalue weighted by molar-refractivity contribution is -0.125. The van der Waals surface area contributed by atoms with Gasteiger partial charge >= 0.3 is 0 Å². The van der Waals surface area contributed by atoms with Crippen molar-refractivity contribution in [3.63, 3.8) is 0 Å². The van der Waals surface area contributed by atoms with Gasteiger partial charge in [-0.1, -0.05) is 68.0 Å². The van der Waals surface area contributed by atoms with Crippen molar-refractivity contribution in [2.75, 3.05) is 24.6 Å². The van der Waals surface area contributed by atoms with Gasteiger partial charge in [0.25, 0.3) is 0 Å². The Morgan fingerprint density at radius 3 is 2.56 bits per heavy atom. The molecule has 0 unspecified atom stereocenters. The van der Waals surface area contributed by atoms with Crippen LogP contribution >= 0.6 is 0 Å². The Bertz CT molecular complexity index is 824. The second kappa shape index (κ2) is 16.9. The number of hydrogen-bond acceptors (Lipinski definition) is 3. The summed E-state index contributed by atoms with van der Waals surface area (Å²) in [5.74, 6) is -0.149. The molecule has 5 heteroatoms. The molecular weight excluding hydrogens is 424 g/mol. The molecule has 2 amide bonds. The number of carbonyl (C=O) groups is 2. The van der Waals surface area contributed by atoms with Crippen LogP contribution < -0.4 is 10.2 Å². The normalized spacial score (nSPS) is 12.1. The lowest BCUT2D eigenvalue weighted by Gasteiger charge is -2.25. The lowest BCUT2D eigenvalue weighted by atomic mass is 10.1. The first-order valence-corrected chi connectivity index (χ1v) is 12.6. The molecule has 0 aliphatic heterocycles. The van der Waals surface area contributed by atoms with E-state index in [1.807, 2.05) is 76.3 Å². The van der Waals surface area contributed by atoms with Crippen molar-refractivity contribution >= 4 is 23.6 Å². The number of nitrogens with zero attached hydrogens (tertiary/aromatic N) is 1. The van der Waals surface area contributed by atoms with E-state index in [1.165, 1.54) is 0 Å². The average molecular weight is 469 g/mol. The minimum Gasteiger partial charge on any atom is -0.376 e. The van der Waals surface area contributed by atoms with Crippen LogP contribution in [0.2, 0.25) is 0 Å². The van der Waals surface area contributed by atoms with Gasteiger partial charge in [0.15, 0.2) is 0 Å². The van der Waals surface area contributed by atoms with E-state index in [0.717, 1.165) is 43.5 Å². The second-order valence-corrected chi connectivity index (χ2v) is 8.85. The molecule has 0 aromatic heterocycles. The number of benzene rings is 1. The summed E-state index contributed by atoms with van der Waals surface area (Å²) in [4.78, 5) is 27.0. The first-order valence-electron chi connectivity index (χ1n) is 12.6.